The van der Waals surface area contributed by atoms with Gasteiger partial charge in [-0.05, 0) is 11.0 Å². The van der Waals surface area contributed by atoms with Gasteiger partial charge in [0.2, 0.25) is 0 Å². The van der Waals surface area contributed by atoms with Gasteiger partial charge in [0.15, 0.2) is 0 Å². The number of hydrogen-bond donors (Lipinski definition) is 0. The van der Waals surface area contributed by atoms with E-state index in [0.29, 0.717) is 0 Å². The summed E-state index contributed by atoms with van der Waals surface area (Å²) in [5, 5.41) is 0. The topological polar surface area (TPSA) is 189 Å². The molecule has 9 heteroatoms. The van der Waals surface area contributed by atoms with Crippen molar-refractivity contribution in [2.45, 2.75) is 0 Å². The van der Waals surface area contributed by atoms with Crippen LogP contribution in [0, 0.1) is 0 Å². The van der Waals surface area contributed by atoms with Crippen LogP contribution in [0.15, 0.2) is 0 Å². The van der Waals surface area contributed by atoms with Crippen molar-refractivity contribution >= 4 is 34.0 Å². The average Bonchev–Trinajstić information content (AvgIpc) is 0. The Kier molecular flexibility index (Phi) is 201000. The minimum Gasteiger partial charge on any atom is -1.00 e. The molecule has 0 aliphatic carbocycles. The van der Waals surface area contributed by atoms with Crippen molar-refractivity contribution in [2.75, 3.05) is 0 Å². The molecule has 0 aliphatic heterocycles. The van der Waals surface area contributed by atoms with Crippen LogP contribution in [0.3, 0.4) is 0 Å². The molecule has 0 fully saturated rings. The van der Waals surface area contributed by atoms with Crippen LogP contribution in [0.25, 0.3) is 0 Å². The van der Waals surface area contributed by atoms with E-state index in [2.05, 4.69) is 0 Å². The molecule has 0 heterocycles. The Morgan fingerprint density at radius 2 is 0.556 bits per heavy atom. The van der Waals surface area contributed by atoms with E-state index < -0.39 is 0 Å². The minimum absolute atomic E-state index is 0. The van der Waals surface area contributed by atoms with E-state index in [-0.39, 0.29) is 74.4 Å². The van der Waals surface area contributed by atoms with E-state index >= 15 is 0 Å². The minimum atomic E-state index is 0. The van der Waals surface area contributed by atoms with Crippen molar-refractivity contribution in [1.29, 1.82) is 0 Å². The van der Waals surface area contributed by atoms with E-state index in [0.717, 1.165) is 0 Å². The molecule has 6 nitrogen and oxygen atoms in total. The summed E-state index contributed by atoms with van der Waals surface area (Å²) in [5.74, 6) is 0. The quantitative estimate of drug-likeness (QED) is 0.325. The Bertz CT molecular complexity index is 20.5. The second-order valence-corrected chi connectivity index (χ2v) is 0. The molecule has 0 saturated heterocycles. The summed E-state index contributed by atoms with van der Waals surface area (Å²) in [6.07, 6.45) is 0. The molecule has 0 aromatic rings. The summed E-state index contributed by atoms with van der Waals surface area (Å²) in [5.41, 5.74) is 0. The van der Waals surface area contributed by atoms with Gasteiger partial charge in [0.25, 0.3) is 0 Å². The van der Waals surface area contributed by atoms with Gasteiger partial charge in [-0.2, -0.15) is 0 Å². The van der Waals surface area contributed by atoms with Crippen molar-refractivity contribution in [3.05, 3.63) is 0 Å². The van der Waals surface area contributed by atoms with Crippen LogP contribution in [0.5, 0.6) is 0 Å². The van der Waals surface area contributed by atoms with Gasteiger partial charge >= 0.3 is 23.1 Å². The second kappa shape index (κ2) is 1130. The maximum atomic E-state index is 0. The monoisotopic (exact) mass is 186 g/mol. The summed E-state index contributed by atoms with van der Waals surface area (Å²) < 4.78 is 0. The molecule has 0 atom stereocenters. The SMILES string of the molecule is F.O.O.O.O.O.O.[H-].[H-].[Mg+2].[SiH4]. The van der Waals surface area contributed by atoms with Crippen LogP contribution < -0.4 is 0 Å². The summed E-state index contributed by atoms with van der Waals surface area (Å²) in [4.78, 5) is 0. The van der Waals surface area contributed by atoms with Crippen molar-refractivity contribution < 1.29 is 40.4 Å². The van der Waals surface area contributed by atoms with Crippen molar-refractivity contribution in [3.8, 4) is 0 Å². The average molecular weight is 187 g/mol. The van der Waals surface area contributed by atoms with E-state index in [1.54, 1.807) is 0 Å². The van der Waals surface area contributed by atoms with Crippen LogP contribution in [0.1, 0.15) is 2.85 Å². The van der Waals surface area contributed by atoms with Crippen LogP contribution in [-0.2, 0) is 0 Å². The van der Waals surface area contributed by atoms with Crippen LogP contribution in [0.2, 0.25) is 0 Å². The fraction of sp³-hybridized carbons (Fsp3) is 0. The Morgan fingerprint density at radius 3 is 0.556 bits per heavy atom. The van der Waals surface area contributed by atoms with Crippen molar-refractivity contribution in [1.82, 2.24) is 0 Å². The molecule has 0 aliphatic rings. The predicted octanol–water partition coefficient (Wildman–Crippen LogP) is -6.40. The zero-order chi connectivity index (χ0) is 0. The molecular weight excluding hydrogens is 167 g/mol. The molecule has 12 N–H and O–H groups in total. The number of hydrogen-bond acceptors (Lipinski definition) is 0. The number of rotatable bonds is 0. The molecule has 0 bridgehead atoms. The van der Waals surface area contributed by atoms with Gasteiger partial charge in [-0.15, -0.1) is 0 Å². The summed E-state index contributed by atoms with van der Waals surface area (Å²) in [7, 11) is 0. The fourth-order valence-corrected chi connectivity index (χ4v) is 0. The largest absolute Gasteiger partial charge is 2.00 e. The fourth-order valence-electron chi connectivity index (χ4n) is 0. The molecule has 0 unspecified atom stereocenters. The van der Waals surface area contributed by atoms with Crippen LogP contribution >= 0.6 is 0 Å². The molecule has 0 aromatic heterocycles. The summed E-state index contributed by atoms with van der Waals surface area (Å²) in [6, 6.07) is 0. The molecular formula is H19FMgO6Si. The Balaban J connectivity index is 0. The Hall–Kier alpha value is 0.673. The summed E-state index contributed by atoms with van der Waals surface area (Å²) >= 11 is 0. The molecule has 0 rings (SSSR count). The number of halogens is 1. The van der Waals surface area contributed by atoms with Crippen molar-refractivity contribution in [3.63, 3.8) is 0 Å². The third-order valence-electron chi connectivity index (χ3n) is 0. The molecule has 0 saturated carbocycles. The first kappa shape index (κ1) is 1610. The first-order valence-electron chi connectivity index (χ1n) is 0. The molecule has 68 valence electrons. The molecule has 0 amide bonds. The van der Waals surface area contributed by atoms with Gasteiger partial charge in [-0.1, -0.05) is 0 Å². The second-order valence-electron chi connectivity index (χ2n) is 0. The molecule has 0 radical (unpaired) electrons. The molecule has 0 aromatic carbocycles. The van der Waals surface area contributed by atoms with E-state index in [1.807, 2.05) is 0 Å². The summed E-state index contributed by atoms with van der Waals surface area (Å²) in [6.45, 7) is 0. The first-order valence-corrected chi connectivity index (χ1v) is 0. The maximum absolute atomic E-state index is 0. The van der Waals surface area contributed by atoms with Gasteiger partial charge in [0.05, 0.1) is 0 Å². The maximum Gasteiger partial charge on any atom is 2.00 e. The standard InChI is InChI=1S/FH.Mg.6H2O.H4Si.2H/h1H;;6*1H2;1H4;;/q;+2;;;;;;;;2*-1. The zero-order valence-electron chi connectivity index (χ0n) is 6.12. The van der Waals surface area contributed by atoms with Gasteiger partial charge < -0.3 is 35.7 Å². The normalized spacial score (nSPS) is 0. The van der Waals surface area contributed by atoms with Crippen LogP contribution in [-0.4, -0.2) is 66.9 Å². The van der Waals surface area contributed by atoms with Crippen molar-refractivity contribution in [2.24, 2.45) is 0 Å². The first-order chi connectivity index (χ1) is 0. The van der Waals surface area contributed by atoms with Gasteiger partial charge in [0.1, 0.15) is 0 Å². The smallest absolute Gasteiger partial charge is 1.00 e. The molecule has 9 heavy (non-hydrogen) atoms. The third kappa shape index (κ3) is 852. The van der Waals surface area contributed by atoms with Gasteiger partial charge in [-0.25, -0.2) is 0 Å². The Labute approximate surface area is 75.0 Å². The van der Waals surface area contributed by atoms with E-state index in [9.17, 15) is 0 Å². The predicted molar refractivity (Wildman–Crippen MR) is 43.5 cm³/mol. The zero-order valence-corrected chi connectivity index (χ0v) is 5.53. The molecule has 0 spiro atoms. The third-order valence-corrected chi connectivity index (χ3v) is 0. The van der Waals surface area contributed by atoms with Crippen LogP contribution in [0.4, 0.5) is 4.70 Å². The Morgan fingerprint density at radius 1 is 0.556 bits per heavy atom. The van der Waals surface area contributed by atoms with E-state index in [4.69, 9.17) is 0 Å². The van der Waals surface area contributed by atoms with Gasteiger partial charge in [-0.3, -0.25) is 4.70 Å². The van der Waals surface area contributed by atoms with Gasteiger partial charge in [0, 0.05) is 0 Å². The van der Waals surface area contributed by atoms with E-state index in [1.165, 1.54) is 0 Å².